The van der Waals surface area contributed by atoms with E-state index in [1.54, 1.807) is 25.1 Å². The molecule has 72 valence electrons. The highest BCUT2D eigenvalue weighted by molar-refractivity contribution is 5.98. The summed E-state index contributed by atoms with van der Waals surface area (Å²) in [5, 5.41) is 0. The van der Waals surface area contributed by atoms with Gasteiger partial charge in [0.15, 0.2) is 12.1 Å². The van der Waals surface area contributed by atoms with E-state index in [9.17, 15) is 9.59 Å². The van der Waals surface area contributed by atoms with Crippen molar-refractivity contribution in [1.29, 1.82) is 0 Å². The van der Waals surface area contributed by atoms with E-state index < -0.39 is 0 Å². The van der Waals surface area contributed by atoms with Crippen molar-refractivity contribution in [3.05, 3.63) is 41.0 Å². The Balaban J connectivity index is 3.13. The number of ketones is 1. The van der Waals surface area contributed by atoms with Gasteiger partial charge in [0.05, 0.1) is 0 Å². The van der Waals surface area contributed by atoms with Crippen molar-refractivity contribution in [1.82, 2.24) is 0 Å². The lowest BCUT2D eigenvalue weighted by atomic mass is 10.0. The third-order valence-electron chi connectivity index (χ3n) is 2.05. The zero-order chi connectivity index (χ0) is 10.6. The van der Waals surface area contributed by atoms with Gasteiger partial charge in [-0.25, -0.2) is 0 Å². The van der Waals surface area contributed by atoms with Crippen LogP contribution in [0.25, 0.3) is 6.08 Å². The van der Waals surface area contributed by atoms with Crippen molar-refractivity contribution in [3.63, 3.8) is 0 Å². The molecule has 1 aromatic carbocycles. The van der Waals surface area contributed by atoms with Crippen LogP contribution in [0.3, 0.4) is 0 Å². The van der Waals surface area contributed by atoms with Crippen LogP contribution >= 0.6 is 0 Å². The number of Topliss-reactive ketones (excluding diaryl/α,β-unsaturated/α-hetero) is 1. The van der Waals surface area contributed by atoms with E-state index in [0.717, 1.165) is 11.8 Å². The van der Waals surface area contributed by atoms with E-state index >= 15 is 0 Å². The molecular formula is C12H12O2. The minimum absolute atomic E-state index is 0.0192. The molecule has 0 amide bonds. The van der Waals surface area contributed by atoms with Gasteiger partial charge in [0.2, 0.25) is 0 Å². The molecule has 0 unspecified atom stereocenters. The van der Waals surface area contributed by atoms with Crippen LogP contribution in [0.5, 0.6) is 0 Å². The lowest BCUT2D eigenvalue weighted by Crippen LogP contribution is -1.92. The first-order valence-corrected chi connectivity index (χ1v) is 4.38. The minimum atomic E-state index is 0.0192. The highest BCUT2D eigenvalue weighted by Crippen LogP contribution is 2.11. The average Bonchev–Trinajstić information content (AvgIpc) is 2.18. The summed E-state index contributed by atoms with van der Waals surface area (Å²) in [7, 11) is 0. The van der Waals surface area contributed by atoms with Crippen LogP contribution in [0, 0.1) is 0 Å². The van der Waals surface area contributed by atoms with Crippen LogP contribution in [-0.4, -0.2) is 12.1 Å². The van der Waals surface area contributed by atoms with E-state index in [1.807, 2.05) is 12.1 Å². The topological polar surface area (TPSA) is 34.1 Å². The molecular weight excluding hydrogens is 176 g/mol. The lowest BCUT2D eigenvalue weighted by molar-refractivity contribution is -0.113. The molecule has 0 radical (unpaired) electrons. The first kappa shape index (κ1) is 10.4. The van der Waals surface area contributed by atoms with Gasteiger partial charge in [-0.3, -0.25) is 9.59 Å². The summed E-state index contributed by atoms with van der Waals surface area (Å²) in [6.45, 7) is 3.25. The molecule has 0 saturated carbocycles. The molecule has 14 heavy (non-hydrogen) atoms. The second-order valence-electron chi connectivity index (χ2n) is 3.13. The van der Waals surface area contributed by atoms with Crippen molar-refractivity contribution in [2.75, 3.05) is 0 Å². The van der Waals surface area contributed by atoms with Crippen molar-refractivity contribution in [3.8, 4) is 0 Å². The Morgan fingerprint density at radius 3 is 2.21 bits per heavy atom. The number of benzene rings is 1. The summed E-state index contributed by atoms with van der Waals surface area (Å²) in [6, 6.07) is 7.18. The third-order valence-corrected chi connectivity index (χ3v) is 2.05. The summed E-state index contributed by atoms with van der Waals surface area (Å²) in [4.78, 5) is 21.7. The van der Waals surface area contributed by atoms with Gasteiger partial charge in [-0.15, -0.1) is 0 Å². The van der Waals surface area contributed by atoms with Gasteiger partial charge >= 0.3 is 0 Å². The second kappa shape index (κ2) is 4.51. The number of carbonyl (C=O) groups is 2. The summed E-state index contributed by atoms with van der Waals surface area (Å²) in [6.07, 6.45) is 2.52. The fourth-order valence-corrected chi connectivity index (χ4v) is 1.08. The molecule has 1 aromatic rings. The van der Waals surface area contributed by atoms with Crippen LogP contribution in [0.2, 0.25) is 0 Å². The molecule has 0 aliphatic carbocycles. The normalized spacial score (nSPS) is 11.1. The van der Waals surface area contributed by atoms with Crippen LogP contribution in [0.1, 0.15) is 29.8 Å². The van der Waals surface area contributed by atoms with Gasteiger partial charge < -0.3 is 0 Å². The quantitative estimate of drug-likeness (QED) is 0.539. The van der Waals surface area contributed by atoms with Gasteiger partial charge in [0.1, 0.15) is 0 Å². The Bertz CT molecular complexity index is 389. The molecule has 0 bridgehead atoms. The second-order valence-corrected chi connectivity index (χ2v) is 3.13. The highest BCUT2D eigenvalue weighted by Gasteiger charge is 2.00. The van der Waals surface area contributed by atoms with E-state index in [2.05, 4.69) is 0 Å². The molecule has 1 rings (SSSR count). The minimum Gasteiger partial charge on any atom is -0.298 e. The maximum absolute atomic E-state index is 11.0. The summed E-state index contributed by atoms with van der Waals surface area (Å²) < 4.78 is 0. The van der Waals surface area contributed by atoms with Gasteiger partial charge in [-0.05, 0) is 31.1 Å². The Morgan fingerprint density at radius 2 is 1.71 bits per heavy atom. The van der Waals surface area contributed by atoms with Gasteiger partial charge in [-0.1, -0.05) is 24.3 Å². The first-order valence-electron chi connectivity index (χ1n) is 4.38. The number of rotatable bonds is 3. The van der Waals surface area contributed by atoms with E-state index in [4.69, 9.17) is 0 Å². The Labute approximate surface area is 83.3 Å². The molecule has 0 atom stereocenters. The molecule has 2 nitrogen and oxygen atoms in total. The largest absolute Gasteiger partial charge is 0.298 e. The molecule has 0 saturated heterocycles. The third kappa shape index (κ3) is 2.39. The van der Waals surface area contributed by atoms with E-state index in [1.165, 1.54) is 6.92 Å². The summed E-state index contributed by atoms with van der Waals surface area (Å²) in [5.41, 5.74) is 2.04. The van der Waals surface area contributed by atoms with Crippen LogP contribution < -0.4 is 0 Å². The molecule has 0 fully saturated rings. The molecule has 0 aromatic heterocycles. The fraction of sp³-hybridized carbons (Fsp3) is 0.167. The Kier molecular flexibility index (Phi) is 3.35. The predicted molar refractivity (Wildman–Crippen MR) is 56.2 cm³/mol. The monoisotopic (exact) mass is 188 g/mol. The first-order chi connectivity index (χ1) is 6.65. The summed E-state index contributed by atoms with van der Waals surface area (Å²) in [5.74, 6) is 0.0192. The Morgan fingerprint density at radius 1 is 1.14 bits per heavy atom. The predicted octanol–water partition coefficient (Wildman–Crippen LogP) is 2.49. The smallest absolute Gasteiger partial charge is 0.155 e. The molecule has 0 aliphatic heterocycles. The Hall–Kier alpha value is -1.70. The van der Waals surface area contributed by atoms with Crippen molar-refractivity contribution in [2.45, 2.75) is 13.8 Å². The maximum atomic E-state index is 11.0. The zero-order valence-corrected chi connectivity index (χ0v) is 8.28. The SMILES string of the molecule is CC(=O)/C(C)=C/c1ccccc1C=O. The van der Waals surface area contributed by atoms with Crippen molar-refractivity contribution in [2.24, 2.45) is 0 Å². The molecule has 0 N–H and O–H groups in total. The molecule has 2 heteroatoms. The number of allylic oxidation sites excluding steroid dienone is 1. The maximum Gasteiger partial charge on any atom is 0.155 e. The van der Waals surface area contributed by atoms with Crippen LogP contribution in [0.15, 0.2) is 29.8 Å². The van der Waals surface area contributed by atoms with Crippen molar-refractivity contribution < 1.29 is 9.59 Å². The van der Waals surface area contributed by atoms with Gasteiger partial charge in [-0.2, -0.15) is 0 Å². The number of aldehydes is 1. The zero-order valence-electron chi connectivity index (χ0n) is 8.28. The number of hydrogen-bond donors (Lipinski definition) is 0. The number of carbonyl (C=O) groups excluding carboxylic acids is 2. The molecule has 0 aliphatic rings. The van der Waals surface area contributed by atoms with Crippen LogP contribution in [0.4, 0.5) is 0 Å². The van der Waals surface area contributed by atoms with Gasteiger partial charge in [0.25, 0.3) is 0 Å². The lowest BCUT2D eigenvalue weighted by Gasteiger charge is -1.99. The average molecular weight is 188 g/mol. The molecule has 0 spiro atoms. The van der Waals surface area contributed by atoms with E-state index in [0.29, 0.717) is 11.1 Å². The summed E-state index contributed by atoms with van der Waals surface area (Å²) >= 11 is 0. The standard InChI is InChI=1S/C12H12O2/c1-9(10(2)14)7-11-5-3-4-6-12(11)8-13/h3-8H,1-2H3/b9-7+. The van der Waals surface area contributed by atoms with Crippen LogP contribution in [-0.2, 0) is 4.79 Å². The van der Waals surface area contributed by atoms with Crippen molar-refractivity contribution >= 4 is 18.1 Å². The fourth-order valence-electron chi connectivity index (χ4n) is 1.08. The van der Waals surface area contributed by atoms with Gasteiger partial charge in [0, 0.05) is 5.56 Å². The van der Waals surface area contributed by atoms with E-state index in [-0.39, 0.29) is 5.78 Å². The number of hydrogen-bond acceptors (Lipinski definition) is 2. The highest BCUT2D eigenvalue weighted by atomic mass is 16.1. The molecule has 0 heterocycles.